The summed E-state index contributed by atoms with van der Waals surface area (Å²) in [6.45, 7) is 1.33. The number of benzene rings is 1. The molecule has 1 heterocycles. The molecule has 1 saturated heterocycles. The average molecular weight is 238 g/mol. The SMILES string of the molecule is COc1ccc(C2(CCCO)OCCO2)cc1. The Bertz CT molecular complexity index is 341. The molecule has 1 fully saturated rings. The first-order valence-electron chi connectivity index (χ1n) is 5.84. The zero-order valence-electron chi connectivity index (χ0n) is 10.0. The van der Waals surface area contributed by atoms with Gasteiger partial charge in [-0.3, -0.25) is 0 Å². The first-order chi connectivity index (χ1) is 8.30. The topological polar surface area (TPSA) is 47.9 Å². The van der Waals surface area contributed by atoms with E-state index in [1.807, 2.05) is 24.3 Å². The van der Waals surface area contributed by atoms with E-state index in [1.165, 1.54) is 0 Å². The van der Waals surface area contributed by atoms with Crippen molar-refractivity contribution in [3.63, 3.8) is 0 Å². The van der Waals surface area contributed by atoms with Gasteiger partial charge >= 0.3 is 0 Å². The van der Waals surface area contributed by atoms with Crippen LogP contribution in [-0.4, -0.2) is 32.0 Å². The third-order valence-electron chi connectivity index (χ3n) is 2.95. The van der Waals surface area contributed by atoms with Crippen LogP contribution in [0.2, 0.25) is 0 Å². The third-order valence-corrected chi connectivity index (χ3v) is 2.95. The minimum absolute atomic E-state index is 0.143. The molecule has 4 heteroatoms. The molecule has 1 aliphatic rings. The van der Waals surface area contributed by atoms with E-state index in [0.717, 1.165) is 11.3 Å². The predicted molar refractivity (Wildman–Crippen MR) is 62.9 cm³/mol. The van der Waals surface area contributed by atoms with Gasteiger partial charge in [0.15, 0.2) is 5.79 Å². The Labute approximate surface area is 101 Å². The molecule has 2 rings (SSSR count). The molecule has 0 spiro atoms. The van der Waals surface area contributed by atoms with Gasteiger partial charge in [-0.1, -0.05) is 0 Å². The lowest BCUT2D eigenvalue weighted by molar-refractivity contribution is -0.172. The maximum Gasteiger partial charge on any atom is 0.195 e. The van der Waals surface area contributed by atoms with Crippen LogP contribution in [-0.2, 0) is 15.3 Å². The fraction of sp³-hybridized carbons (Fsp3) is 0.538. The first-order valence-corrected chi connectivity index (χ1v) is 5.84. The van der Waals surface area contributed by atoms with Crippen LogP contribution in [0.15, 0.2) is 24.3 Å². The molecule has 0 amide bonds. The van der Waals surface area contributed by atoms with Gasteiger partial charge in [-0.05, 0) is 30.7 Å². The number of methoxy groups -OCH3 is 1. The highest BCUT2D eigenvalue weighted by Crippen LogP contribution is 2.36. The number of hydrogen-bond acceptors (Lipinski definition) is 4. The molecule has 0 aromatic heterocycles. The van der Waals surface area contributed by atoms with Crippen LogP contribution in [0.1, 0.15) is 18.4 Å². The van der Waals surface area contributed by atoms with E-state index in [-0.39, 0.29) is 6.61 Å². The lowest BCUT2D eigenvalue weighted by Gasteiger charge is -2.27. The summed E-state index contributed by atoms with van der Waals surface area (Å²) in [5.41, 5.74) is 0.976. The summed E-state index contributed by atoms with van der Waals surface area (Å²) in [5, 5.41) is 8.94. The standard InChI is InChI=1S/C13H18O4/c1-15-12-5-3-11(4-6-12)13(7-2-8-14)16-9-10-17-13/h3-6,14H,2,7-10H2,1H3. The van der Waals surface area contributed by atoms with Crippen molar-refractivity contribution in [2.24, 2.45) is 0 Å². The van der Waals surface area contributed by atoms with Gasteiger partial charge in [0.1, 0.15) is 5.75 Å². The van der Waals surface area contributed by atoms with Gasteiger partial charge in [-0.15, -0.1) is 0 Å². The van der Waals surface area contributed by atoms with Crippen LogP contribution in [0.25, 0.3) is 0 Å². The van der Waals surface area contributed by atoms with E-state index in [9.17, 15) is 0 Å². The summed E-state index contributed by atoms with van der Waals surface area (Å²) in [6, 6.07) is 7.67. The average Bonchev–Trinajstić information content (AvgIpc) is 2.86. The van der Waals surface area contributed by atoms with Crippen molar-refractivity contribution in [2.75, 3.05) is 26.9 Å². The Balaban J connectivity index is 2.19. The number of rotatable bonds is 5. The molecular weight excluding hydrogens is 220 g/mol. The maximum absolute atomic E-state index is 8.94. The molecule has 0 atom stereocenters. The largest absolute Gasteiger partial charge is 0.497 e. The second-order valence-electron chi connectivity index (χ2n) is 4.01. The fourth-order valence-corrected chi connectivity index (χ4v) is 2.07. The minimum Gasteiger partial charge on any atom is -0.497 e. The molecule has 0 radical (unpaired) electrons. The molecular formula is C13H18O4. The Morgan fingerprint density at radius 1 is 1.24 bits per heavy atom. The molecule has 0 unspecified atom stereocenters. The fourth-order valence-electron chi connectivity index (χ4n) is 2.07. The van der Waals surface area contributed by atoms with Gasteiger partial charge in [0.2, 0.25) is 0 Å². The number of aliphatic hydroxyl groups excluding tert-OH is 1. The van der Waals surface area contributed by atoms with Crippen molar-refractivity contribution in [1.82, 2.24) is 0 Å². The highest BCUT2D eigenvalue weighted by atomic mass is 16.7. The number of ether oxygens (including phenoxy) is 3. The highest BCUT2D eigenvalue weighted by molar-refractivity contribution is 5.30. The smallest absolute Gasteiger partial charge is 0.195 e. The van der Waals surface area contributed by atoms with Gasteiger partial charge in [-0.2, -0.15) is 0 Å². The molecule has 4 nitrogen and oxygen atoms in total. The highest BCUT2D eigenvalue weighted by Gasteiger charge is 2.37. The molecule has 1 N–H and O–H groups in total. The van der Waals surface area contributed by atoms with Gasteiger partial charge in [0, 0.05) is 18.6 Å². The normalized spacial score (nSPS) is 18.2. The van der Waals surface area contributed by atoms with Crippen LogP contribution in [0.3, 0.4) is 0 Å². The van der Waals surface area contributed by atoms with Crippen molar-refractivity contribution in [3.05, 3.63) is 29.8 Å². The van der Waals surface area contributed by atoms with Crippen LogP contribution < -0.4 is 4.74 Å². The predicted octanol–water partition coefficient (Wildman–Crippen LogP) is 1.67. The Kier molecular flexibility index (Phi) is 3.99. The summed E-state index contributed by atoms with van der Waals surface area (Å²) in [4.78, 5) is 0. The zero-order valence-corrected chi connectivity index (χ0v) is 10.0. The Morgan fingerprint density at radius 3 is 2.41 bits per heavy atom. The van der Waals surface area contributed by atoms with E-state index >= 15 is 0 Å². The second kappa shape index (κ2) is 5.49. The molecule has 1 aromatic rings. The first kappa shape index (κ1) is 12.4. The van der Waals surface area contributed by atoms with Crippen molar-refractivity contribution in [3.8, 4) is 5.75 Å². The molecule has 1 aliphatic heterocycles. The molecule has 94 valence electrons. The monoisotopic (exact) mass is 238 g/mol. The van der Waals surface area contributed by atoms with Crippen LogP contribution in [0.4, 0.5) is 0 Å². The number of hydrogen-bond donors (Lipinski definition) is 1. The molecule has 17 heavy (non-hydrogen) atoms. The van der Waals surface area contributed by atoms with Gasteiger partial charge in [-0.25, -0.2) is 0 Å². The summed E-state index contributed by atoms with van der Waals surface area (Å²) >= 11 is 0. The molecule has 0 aliphatic carbocycles. The van der Waals surface area contributed by atoms with Gasteiger partial charge in [0.25, 0.3) is 0 Å². The van der Waals surface area contributed by atoms with E-state index in [1.54, 1.807) is 7.11 Å². The summed E-state index contributed by atoms with van der Waals surface area (Å²) in [5.74, 6) is 0.124. The van der Waals surface area contributed by atoms with Crippen LogP contribution in [0.5, 0.6) is 5.75 Å². The van der Waals surface area contributed by atoms with E-state index in [4.69, 9.17) is 19.3 Å². The Hall–Kier alpha value is -1.10. The van der Waals surface area contributed by atoms with E-state index in [2.05, 4.69) is 0 Å². The lowest BCUT2D eigenvalue weighted by Crippen LogP contribution is -2.27. The number of aliphatic hydroxyl groups is 1. The van der Waals surface area contributed by atoms with Crippen LogP contribution in [0, 0.1) is 0 Å². The second-order valence-corrected chi connectivity index (χ2v) is 4.01. The van der Waals surface area contributed by atoms with Crippen molar-refractivity contribution in [1.29, 1.82) is 0 Å². The van der Waals surface area contributed by atoms with Gasteiger partial charge < -0.3 is 19.3 Å². The third kappa shape index (κ3) is 2.60. The molecule has 0 bridgehead atoms. The van der Waals surface area contributed by atoms with Crippen molar-refractivity contribution < 1.29 is 19.3 Å². The molecule has 1 aromatic carbocycles. The van der Waals surface area contributed by atoms with Crippen molar-refractivity contribution >= 4 is 0 Å². The maximum atomic E-state index is 8.94. The minimum atomic E-state index is -0.686. The van der Waals surface area contributed by atoms with E-state index < -0.39 is 5.79 Å². The zero-order chi connectivity index (χ0) is 12.1. The van der Waals surface area contributed by atoms with E-state index in [0.29, 0.717) is 26.1 Å². The summed E-state index contributed by atoms with van der Waals surface area (Å²) in [6.07, 6.45) is 1.32. The van der Waals surface area contributed by atoms with Gasteiger partial charge in [0.05, 0.1) is 20.3 Å². The van der Waals surface area contributed by atoms with Crippen molar-refractivity contribution in [2.45, 2.75) is 18.6 Å². The Morgan fingerprint density at radius 2 is 1.88 bits per heavy atom. The summed E-state index contributed by atoms with van der Waals surface area (Å²) in [7, 11) is 1.64. The molecule has 0 saturated carbocycles. The van der Waals surface area contributed by atoms with Crippen LogP contribution >= 0.6 is 0 Å². The quantitative estimate of drug-likeness (QED) is 0.847. The summed E-state index contributed by atoms with van der Waals surface area (Å²) < 4.78 is 16.6. The lowest BCUT2D eigenvalue weighted by atomic mass is 10.0.